The predicted molar refractivity (Wildman–Crippen MR) is 174 cm³/mol. The van der Waals surface area contributed by atoms with Gasteiger partial charge in [0.2, 0.25) is 0 Å². The normalized spacial score (nSPS) is 21.4. The summed E-state index contributed by atoms with van der Waals surface area (Å²) >= 11 is 0. The topological polar surface area (TPSA) is 219 Å². The standard InChI is InChI=1S/C10H16N3O3.C10H15N3O3.C5H7N3O2.C5H8O/c1-2-8-9(13(14)15)7-12(11-8)10-5-3-4-6-16-10;1-2-8-9(13(14)15)7-11-12(8)10-5-3-4-6-16-10;1-2-4-5(8(9)10)3-6-7-4;1-2-4-6-5-3-1/h7,9-10H,2-6H2,1H3;7,10H,2-6H2,1H3;3H,2H2,1H3,(H,6,7);2,4H,1,3,5H2/q+1;;;. The molecule has 18 nitrogen and oxygen atoms in total. The molecule has 0 aromatic carbocycles. The van der Waals surface area contributed by atoms with Crippen molar-refractivity contribution in [2.45, 2.75) is 110 Å². The summed E-state index contributed by atoms with van der Waals surface area (Å²) in [4.78, 5) is 30.7. The van der Waals surface area contributed by atoms with Crippen molar-refractivity contribution < 1.29 is 33.7 Å². The molecule has 0 radical (unpaired) electrons. The van der Waals surface area contributed by atoms with Gasteiger partial charge in [-0.25, -0.2) is 4.68 Å². The highest BCUT2D eigenvalue weighted by atomic mass is 16.6. The summed E-state index contributed by atoms with van der Waals surface area (Å²) in [6, 6.07) is -0.768. The van der Waals surface area contributed by atoms with Gasteiger partial charge in [0, 0.05) is 23.1 Å². The van der Waals surface area contributed by atoms with Crippen LogP contribution in [0.4, 0.5) is 11.4 Å². The van der Waals surface area contributed by atoms with Gasteiger partial charge < -0.3 is 14.2 Å². The van der Waals surface area contributed by atoms with Gasteiger partial charge in [0.1, 0.15) is 23.8 Å². The van der Waals surface area contributed by atoms with Gasteiger partial charge in [-0.05, 0) is 70.3 Å². The molecular formula is C30H46N9O9+. The number of H-pyrrole nitrogens is 1. The fourth-order valence-corrected chi connectivity index (χ4v) is 5.27. The molecule has 3 atom stereocenters. The molecule has 2 aromatic rings. The van der Waals surface area contributed by atoms with Crippen molar-refractivity contribution in [2.24, 2.45) is 5.10 Å². The largest absolute Gasteiger partial charge is 0.502 e. The average Bonchev–Trinajstić information content (AvgIpc) is 3.89. The number of nitrogens with zero attached hydrogens (tertiary/aromatic N) is 8. The van der Waals surface area contributed by atoms with Gasteiger partial charge in [-0.2, -0.15) is 10.2 Å². The van der Waals surface area contributed by atoms with Gasteiger partial charge in [-0.1, -0.05) is 25.5 Å². The maximum absolute atomic E-state index is 10.8. The lowest BCUT2D eigenvalue weighted by Crippen LogP contribution is -2.31. The molecule has 0 bridgehead atoms. The highest BCUT2D eigenvalue weighted by Crippen LogP contribution is 2.27. The van der Waals surface area contributed by atoms with Crippen LogP contribution in [0.15, 0.2) is 29.8 Å². The molecule has 6 rings (SSSR count). The highest BCUT2D eigenvalue weighted by Gasteiger charge is 2.40. The molecule has 0 amide bonds. The Hall–Kier alpha value is -4.58. The van der Waals surface area contributed by atoms with Crippen LogP contribution in [0.25, 0.3) is 0 Å². The zero-order valence-electron chi connectivity index (χ0n) is 27.8. The molecule has 0 aliphatic carbocycles. The number of nitro groups is 3. The molecular weight excluding hydrogens is 630 g/mol. The van der Waals surface area contributed by atoms with E-state index in [4.69, 9.17) is 14.2 Å². The molecule has 0 spiro atoms. The van der Waals surface area contributed by atoms with Crippen LogP contribution in [0.3, 0.4) is 0 Å². The summed E-state index contributed by atoms with van der Waals surface area (Å²) in [6.07, 6.45) is 17.9. The minimum atomic E-state index is -0.768. The second-order valence-corrected chi connectivity index (χ2v) is 11.1. The maximum Gasteiger partial charge on any atom is 0.333 e. The molecule has 3 unspecified atom stereocenters. The Kier molecular flexibility index (Phi) is 15.7. The lowest BCUT2D eigenvalue weighted by molar-refractivity contribution is -0.619. The quantitative estimate of drug-likeness (QED) is 0.216. The molecule has 264 valence electrons. The minimum absolute atomic E-state index is 0.0718. The van der Waals surface area contributed by atoms with E-state index in [1.165, 1.54) is 25.2 Å². The van der Waals surface area contributed by atoms with Gasteiger partial charge in [0.15, 0.2) is 11.9 Å². The lowest BCUT2D eigenvalue weighted by atomic mass is 10.1. The molecule has 4 aliphatic rings. The zero-order valence-corrected chi connectivity index (χ0v) is 27.8. The average molecular weight is 677 g/mol. The van der Waals surface area contributed by atoms with Gasteiger partial charge in [0.25, 0.3) is 12.4 Å². The fourth-order valence-electron chi connectivity index (χ4n) is 5.27. The van der Waals surface area contributed by atoms with Crippen molar-refractivity contribution in [3.8, 4) is 0 Å². The van der Waals surface area contributed by atoms with Crippen LogP contribution >= 0.6 is 0 Å². The first-order valence-corrected chi connectivity index (χ1v) is 16.4. The molecule has 2 aromatic heterocycles. The number of hydrogen-bond donors (Lipinski definition) is 1. The van der Waals surface area contributed by atoms with E-state index in [0.29, 0.717) is 43.0 Å². The molecule has 4 aliphatic heterocycles. The van der Waals surface area contributed by atoms with E-state index in [0.717, 1.165) is 51.7 Å². The number of aromatic nitrogens is 4. The lowest BCUT2D eigenvalue weighted by Gasteiger charge is -2.23. The molecule has 48 heavy (non-hydrogen) atoms. The number of aromatic amines is 1. The number of rotatable bonds is 8. The van der Waals surface area contributed by atoms with Crippen molar-refractivity contribution in [1.82, 2.24) is 20.0 Å². The summed E-state index contributed by atoms with van der Waals surface area (Å²) in [5, 5.41) is 46.2. The van der Waals surface area contributed by atoms with Crippen LogP contribution < -0.4 is 0 Å². The zero-order chi connectivity index (χ0) is 34.9. The van der Waals surface area contributed by atoms with Crippen molar-refractivity contribution in [1.29, 1.82) is 0 Å². The Balaban J connectivity index is 0.000000184. The van der Waals surface area contributed by atoms with Crippen molar-refractivity contribution in [2.75, 3.05) is 19.8 Å². The molecule has 6 heterocycles. The van der Waals surface area contributed by atoms with Crippen LogP contribution in [-0.2, 0) is 27.1 Å². The number of hydrazone groups is 1. The maximum atomic E-state index is 10.8. The van der Waals surface area contributed by atoms with Gasteiger partial charge in [-0.3, -0.25) is 35.4 Å². The van der Waals surface area contributed by atoms with Crippen LogP contribution in [0, 0.1) is 30.3 Å². The van der Waals surface area contributed by atoms with Crippen LogP contribution in [0.1, 0.15) is 96.2 Å². The third-order valence-corrected chi connectivity index (χ3v) is 7.83. The number of hydrogen-bond acceptors (Lipinski definition) is 12. The van der Waals surface area contributed by atoms with Crippen molar-refractivity contribution >= 4 is 23.3 Å². The smallest absolute Gasteiger partial charge is 0.333 e. The Morgan fingerprint density at radius 2 is 1.62 bits per heavy atom. The Labute approximate surface area is 278 Å². The van der Waals surface area contributed by atoms with Gasteiger partial charge in [-0.15, -0.1) is 0 Å². The van der Waals surface area contributed by atoms with Crippen LogP contribution in [-0.4, -0.2) is 83.4 Å². The SMILES string of the molecule is C1=COCCC1.CCC1=N[N+](C2CCCCO2)=CC1[N+](=O)[O-].CCc1[nH]ncc1[N+](=O)[O-].CCc1c([N+](=O)[O-])cnn1C1CCCCO1. The first-order valence-electron chi connectivity index (χ1n) is 16.4. The summed E-state index contributed by atoms with van der Waals surface area (Å²) < 4.78 is 19.3. The van der Waals surface area contributed by atoms with Crippen LogP contribution in [0.5, 0.6) is 0 Å². The van der Waals surface area contributed by atoms with Crippen molar-refractivity contribution in [3.05, 3.63) is 66.5 Å². The van der Waals surface area contributed by atoms with E-state index in [2.05, 4.69) is 20.4 Å². The van der Waals surface area contributed by atoms with E-state index in [1.54, 1.807) is 21.8 Å². The Morgan fingerprint density at radius 3 is 2.06 bits per heavy atom. The van der Waals surface area contributed by atoms with Crippen LogP contribution in [0.2, 0.25) is 0 Å². The number of aryl methyl sites for hydroxylation is 1. The summed E-state index contributed by atoms with van der Waals surface area (Å²) in [7, 11) is 0. The van der Waals surface area contributed by atoms with E-state index in [-0.39, 0.29) is 33.7 Å². The second kappa shape index (κ2) is 19.9. The highest BCUT2D eigenvalue weighted by molar-refractivity contribution is 6.01. The first kappa shape index (κ1) is 37.9. The number of allylic oxidation sites excluding steroid dienone is 1. The third-order valence-electron chi connectivity index (χ3n) is 7.83. The molecule has 0 saturated carbocycles. The molecule has 2 saturated heterocycles. The van der Waals surface area contributed by atoms with E-state index in [9.17, 15) is 30.3 Å². The third kappa shape index (κ3) is 11.0. The predicted octanol–water partition coefficient (Wildman–Crippen LogP) is 5.26. The van der Waals surface area contributed by atoms with E-state index >= 15 is 0 Å². The van der Waals surface area contributed by atoms with E-state index < -0.39 is 11.0 Å². The Morgan fingerprint density at radius 1 is 0.896 bits per heavy atom. The van der Waals surface area contributed by atoms with E-state index in [1.807, 2.05) is 26.8 Å². The van der Waals surface area contributed by atoms with Gasteiger partial charge in [0.05, 0.1) is 29.3 Å². The summed E-state index contributed by atoms with van der Waals surface area (Å²) in [5.41, 5.74) is 2.00. The number of nitrogens with one attached hydrogen (secondary N) is 1. The fraction of sp³-hybridized carbons (Fsp3) is 0.667. The number of ether oxygens (including phenoxy) is 3. The van der Waals surface area contributed by atoms with Gasteiger partial charge >= 0.3 is 17.4 Å². The summed E-state index contributed by atoms with van der Waals surface area (Å²) in [6.45, 7) is 7.95. The minimum Gasteiger partial charge on any atom is -0.502 e. The second-order valence-electron chi connectivity index (χ2n) is 11.1. The molecule has 18 heteroatoms. The molecule has 1 N–H and O–H groups in total. The first-order chi connectivity index (χ1) is 23.2. The molecule has 2 fully saturated rings. The summed E-state index contributed by atoms with van der Waals surface area (Å²) in [5.74, 6) is 0. The van der Waals surface area contributed by atoms with Crippen molar-refractivity contribution in [3.63, 3.8) is 0 Å². The Bertz CT molecular complexity index is 1420. The monoisotopic (exact) mass is 676 g/mol.